The third-order valence-corrected chi connectivity index (χ3v) is 3.77. The number of pyridine rings is 1. The van der Waals surface area contributed by atoms with Gasteiger partial charge >= 0.3 is 0 Å². The SMILES string of the molecule is NC1(C(=O)Nc2cccc3ccncc23)CCOCC1. The lowest BCUT2D eigenvalue weighted by atomic mass is 9.90. The van der Waals surface area contributed by atoms with E-state index in [0.29, 0.717) is 26.1 Å². The van der Waals surface area contributed by atoms with Crippen molar-refractivity contribution in [2.24, 2.45) is 5.73 Å². The molecule has 1 aromatic carbocycles. The average Bonchev–Trinajstić information content (AvgIpc) is 2.48. The molecule has 3 rings (SSSR count). The summed E-state index contributed by atoms with van der Waals surface area (Å²) in [7, 11) is 0. The van der Waals surface area contributed by atoms with Crippen molar-refractivity contribution in [2.45, 2.75) is 18.4 Å². The first-order valence-corrected chi connectivity index (χ1v) is 6.70. The van der Waals surface area contributed by atoms with Crippen LogP contribution in [0.5, 0.6) is 0 Å². The number of aromatic nitrogens is 1. The topological polar surface area (TPSA) is 77.2 Å². The van der Waals surface area contributed by atoms with Gasteiger partial charge in [-0.1, -0.05) is 12.1 Å². The van der Waals surface area contributed by atoms with Crippen LogP contribution >= 0.6 is 0 Å². The Bertz CT molecular complexity index is 631. The molecule has 2 aromatic rings. The van der Waals surface area contributed by atoms with Gasteiger partial charge in [-0.2, -0.15) is 0 Å². The normalized spacial score (nSPS) is 17.9. The van der Waals surface area contributed by atoms with Crippen molar-refractivity contribution in [3.05, 3.63) is 36.7 Å². The van der Waals surface area contributed by atoms with Crippen LogP contribution in [0.1, 0.15) is 12.8 Å². The summed E-state index contributed by atoms with van der Waals surface area (Å²) >= 11 is 0. The van der Waals surface area contributed by atoms with Gasteiger partial charge in [-0.05, 0) is 30.4 Å². The molecule has 1 saturated heterocycles. The summed E-state index contributed by atoms with van der Waals surface area (Å²) in [6.07, 6.45) is 4.57. The van der Waals surface area contributed by atoms with Gasteiger partial charge in [0.2, 0.25) is 5.91 Å². The van der Waals surface area contributed by atoms with Gasteiger partial charge in [-0.15, -0.1) is 0 Å². The van der Waals surface area contributed by atoms with Crippen molar-refractivity contribution in [3.8, 4) is 0 Å². The van der Waals surface area contributed by atoms with E-state index in [0.717, 1.165) is 16.5 Å². The molecule has 0 spiro atoms. The number of hydrogen-bond acceptors (Lipinski definition) is 4. The first kappa shape index (κ1) is 13.0. The van der Waals surface area contributed by atoms with E-state index >= 15 is 0 Å². The molecule has 5 nitrogen and oxygen atoms in total. The van der Waals surface area contributed by atoms with Crippen LogP contribution in [0.4, 0.5) is 5.69 Å². The van der Waals surface area contributed by atoms with Crippen LogP contribution in [0.2, 0.25) is 0 Å². The Morgan fingerprint density at radius 1 is 1.30 bits per heavy atom. The Balaban J connectivity index is 1.87. The highest BCUT2D eigenvalue weighted by atomic mass is 16.5. The Hall–Kier alpha value is -1.98. The lowest BCUT2D eigenvalue weighted by molar-refractivity contribution is -0.124. The van der Waals surface area contributed by atoms with Crippen LogP contribution in [0, 0.1) is 0 Å². The molecule has 0 saturated carbocycles. The minimum absolute atomic E-state index is 0.155. The number of nitrogens with zero attached hydrogens (tertiary/aromatic N) is 1. The zero-order valence-corrected chi connectivity index (χ0v) is 11.1. The standard InChI is InChI=1S/C15H17N3O2/c16-15(5-8-20-9-6-15)14(19)18-13-3-1-2-11-4-7-17-10-12(11)13/h1-4,7,10H,5-6,8-9,16H2,(H,18,19). The van der Waals surface area contributed by atoms with Gasteiger partial charge < -0.3 is 15.8 Å². The molecule has 3 N–H and O–H groups in total. The summed E-state index contributed by atoms with van der Waals surface area (Å²) in [6, 6.07) is 7.67. The molecule has 1 aromatic heterocycles. The molecule has 1 amide bonds. The smallest absolute Gasteiger partial charge is 0.244 e. The summed E-state index contributed by atoms with van der Waals surface area (Å²) in [5.74, 6) is -0.155. The predicted molar refractivity (Wildman–Crippen MR) is 77.3 cm³/mol. The van der Waals surface area contributed by atoms with Crippen LogP contribution in [-0.4, -0.2) is 29.6 Å². The van der Waals surface area contributed by atoms with E-state index in [2.05, 4.69) is 10.3 Å². The number of anilines is 1. The van der Waals surface area contributed by atoms with E-state index < -0.39 is 5.54 Å². The van der Waals surface area contributed by atoms with Crippen molar-refractivity contribution in [1.82, 2.24) is 4.98 Å². The highest BCUT2D eigenvalue weighted by molar-refractivity contribution is 6.05. The fourth-order valence-electron chi connectivity index (χ4n) is 2.43. The molecule has 0 aliphatic carbocycles. The number of benzene rings is 1. The van der Waals surface area contributed by atoms with Crippen LogP contribution in [-0.2, 0) is 9.53 Å². The first-order chi connectivity index (χ1) is 9.69. The van der Waals surface area contributed by atoms with Gasteiger partial charge in [0.05, 0.1) is 5.69 Å². The van der Waals surface area contributed by atoms with Gasteiger partial charge in [-0.3, -0.25) is 9.78 Å². The van der Waals surface area contributed by atoms with Crippen LogP contribution in [0.15, 0.2) is 36.7 Å². The van der Waals surface area contributed by atoms with Crippen LogP contribution in [0.25, 0.3) is 10.8 Å². The van der Waals surface area contributed by atoms with Gasteiger partial charge in [0.1, 0.15) is 5.54 Å². The van der Waals surface area contributed by atoms with Gasteiger partial charge in [-0.25, -0.2) is 0 Å². The van der Waals surface area contributed by atoms with Gasteiger partial charge in [0.25, 0.3) is 0 Å². The maximum absolute atomic E-state index is 12.4. The Labute approximate surface area is 117 Å². The van der Waals surface area contributed by atoms with E-state index in [-0.39, 0.29) is 5.91 Å². The van der Waals surface area contributed by atoms with Gasteiger partial charge in [0.15, 0.2) is 0 Å². The second kappa shape index (κ2) is 5.19. The predicted octanol–water partition coefficient (Wildman–Crippen LogP) is 1.68. The summed E-state index contributed by atoms with van der Waals surface area (Å²) < 4.78 is 5.27. The summed E-state index contributed by atoms with van der Waals surface area (Å²) in [4.78, 5) is 16.5. The highest BCUT2D eigenvalue weighted by Gasteiger charge is 2.36. The summed E-state index contributed by atoms with van der Waals surface area (Å²) in [5, 5.41) is 4.89. The number of carbonyl (C=O) groups excluding carboxylic acids is 1. The molecule has 0 atom stereocenters. The molecule has 0 unspecified atom stereocenters. The zero-order valence-electron chi connectivity index (χ0n) is 11.1. The number of carbonyl (C=O) groups is 1. The van der Waals surface area contributed by atoms with Crippen LogP contribution < -0.4 is 11.1 Å². The average molecular weight is 271 g/mol. The molecule has 5 heteroatoms. The number of fused-ring (bicyclic) bond motifs is 1. The van der Waals surface area contributed by atoms with Crippen molar-refractivity contribution >= 4 is 22.4 Å². The number of hydrogen-bond donors (Lipinski definition) is 2. The van der Waals surface area contributed by atoms with E-state index in [1.54, 1.807) is 12.4 Å². The molecule has 1 aliphatic heterocycles. The minimum atomic E-state index is -0.845. The second-order valence-corrected chi connectivity index (χ2v) is 5.13. The van der Waals surface area contributed by atoms with Gasteiger partial charge in [0, 0.05) is 31.0 Å². The monoisotopic (exact) mass is 271 g/mol. The van der Waals surface area contributed by atoms with Crippen molar-refractivity contribution in [1.29, 1.82) is 0 Å². The number of ether oxygens (including phenoxy) is 1. The molecule has 20 heavy (non-hydrogen) atoms. The fourth-order valence-corrected chi connectivity index (χ4v) is 2.43. The van der Waals surface area contributed by atoms with Crippen molar-refractivity contribution < 1.29 is 9.53 Å². The molecule has 104 valence electrons. The van der Waals surface area contributed by atoms with Crippen molar-refractivity contribution in [3.63, 3.8) is 0 Å². The molecule has 0 radical (unpaired) electrons. The summed E-state index contributed by atoms with van der Waals surface area (Å²) in [5.41, 5.74) is 6.09. The third kappa shape index (κ3) is 2.37. The summed E-state index contributed by atoms with van der Waals surface area (Å²) in [6.45, 7) is 1.06. The quantitative estimate of drug-likeness (QED) is 0.871. The number of amides is 1. The van der Waals surface area contributed by atoms with Crippen LogP contribution in [0.3, 0.4) is 0 Å². The Kier molecular flexibility index (Phi) is 3.38. The minimum Gasteiger partial charge on any atom is -0.381 e. The molecule has 0 bridgehead atoms. The lowest BCUT2D eigenvalue weighted by Gasteiger charge is -2.31. The van der Waals surface area contributed by atoms with E-state index in [4.69, 9.17) is 10.5 Å². The number of rotatable bonds is 2. The number of nitrogens with one attached hydrogen (secondary N) is 1. The van der Waals surface area contributed by atoms with Crippen molar-refractivity contribution in [2.75, 3.05) is 18.5 Å². The Morgan fingerprint density at radius 3 is 2.90 bits per heavy atom. The largest absolute Gasteiger partial charge is 0.381 e. The molecular formula is C15H17N3O2. The van der Waals surface area contributed by atoms with E-state index in [1.165, 1.54) is 0 Å². The molecular weight excluding hydrogens is 254 g/mol. The maximum atomic E-state index is 12.4. The highest BCUT2D eigenvalue weighted by Crippen LogP contribution is 2.25. The van der Waals surface area contributed by atoms with E-state index in [9.17, 15) is 4.79 Å². The molecule has 1 fully saturated rings. The molecule has 2 heterocycles. The molecule has 1 aliphatic rings. The number of nitrogens with two attached hydrogens (primary N) is 1. The van der Waals surface area contributed by atoms with E-state index in [1.807, 2.05) is 24.3 Å². The maximum Gasteiger partial charge on any atom is 0.244 e. The third-order valence-electron chi connectivity index (χ3n) is 3.77. The zero-order chi connectivity index (χ0) is 14.0. The fraction of sp³-hybridized carbons (Fsp3) is 0.333. The second-order valence-electron chi connectivity index (χ2n) is 5.13. The lowest BCUT2D eigenvalue weighted by Crippen LogP contribution is -2.54. The first-order valence-electron chi connectivity index (χ1n) is 6.70. The Morgan fingerprint density at radius 2 is 2.10 bits per heavy atom.